The molecule has 2 nitrogen and oxygen atoms in total. The summed E-state index contributed by atoms with van der Waals surface area (Å²) in [6.45, 7) is 1.64. The number of ether oxygens (including phenoxy) is 1. The first-order valence-corrected chi connectivity index (χ1v) is 8.14. The van der Waals surface area contributed by atoms with Gasteiger partial charge < -0.3 is 10.1 Å². The van der Waals surface area contributed by atoms with Gasteiger partial charge in [-0.2, -0.15) is 0 Å². The number of hydrogen-bond acceptors (Lipinski definition) is 3. The molecular formula is C17H19NOS. The van der Waals surface area contributed by atoms with Crippen molar-refractivity contribution in [2.75, 3.05) is 12.9 Å². The molecule has 0 saturated heterocycles. The van der Waals surface area contributed by atoms with E-state index in [1.807, 2.05) is 12.1 Å². The molecule has 1 N–H and O–H groups in total. The number of para-hydroxylation sites is 1. The standard InChI is InChI=1S/C17H19NOS/c1-20-16-8-6-13(7-9-16)11-18-15-10-14-4-2-3-5-17(14)19-12-15/h2-9,15,18H,10-12H2,1H3/t15-/m0/s1. The van der Waals surface area contributed by atoms with Crippen molar-refractivity contribution in [3.05, 3.63) is 59.7 Å². The molecule has 0 aromatic heterocycles. The highest BCUT2D eigenvalue weighted by molar-refractivity contribution is 7.98. The lowest BCUT2D eigenvalue weighted by atomic mass is 10.0. The Hall–Kier alpha value is -1.45. The molecule has 1 atom stereocenters. The average molecular weight is 285 g/mol. The lowest BCUT2D eigenvalue weighted by Crippen LogP contribution is -2.38. The van der Waals surface area contributed by atoms with Gasteiger partial charge in [0.15, 0.2) is 0 Å². The van der Waals surface area contributed by atoms with Gasteiger partial charge in [-0.3, -0.25) is 0 Å². The van der Waals surface area contributed by atoms with Crippen LogP contribution in [0.3, 0.4) is 0 Å². The number of hydrogen-bond donors (Lipinski definition) is 1. The zero-order valence-corrected chi connectivity index (χ0v) is 12.5. The Morgan fingerprint density at radius 2 is 1.95 bits per heavy atom. The predicted octanol–water partition coefficient (Wildman–Crippen LogP) is 3.50. The second kappa shape index (κ2) is 6.33. The van der Waals surface area contributed by atoms with Crippen molar-refractivity contribution in [2.45, 2.75) is 23.9 Å². The van der Waals surface area contributed by atoms with Crippen molar-refractivity contribution in [1.29, 1.82) is 0 Å². The average Bonchev–Trinajstić information content (AvgIpc) is 2.53. The lowest BCUT2D eigenvalue weighted by Gasteiger charge is -2.26. The largest absolute Gasteiger partial charge is 0.492 e. The third kappa shape index (κ3) is 3.17. The smallest absolute Gasteiger partial charge is 0.122 e. The van der Waals surface area contributed by atoms with Gasteiger partial charge in [-0.05, 0) is 42.0 Å². The van der Waals surface area contributed by atoms with E-state index in [0.717, 1.165) is 25.3 Å². The van der Waals surface area contributed by atoms with Gasteiger partial charge in [0.2, 0.25) is 0 Å². The number of fused-ring (bicyclic) bond motifs is 1. The van der Waals surface area contributed by atoms with E-state index in [2.05, 4.69) is 48.0 Å². The number of benzene rings is 2. The molecule has 0 saturated carbocycles. The van der Waals surface area contributed by atoms with Crippen LogP contribution < -0.4 is 10.1 Å². The quantitative estimate of drug-likeness (QED) is 0.869. The van der Waals surface area contributed by atoms with Crippen LogP contribution in [0.1, 0.15) is 11.1 Å². The second-order valence-electron chi connectivity index (χ2n) is 5.05. The molecule has 3 heteroatoms. The van der Waals surface area contributed by atoms with Gasteiger partial charge in [0.1, 0.15) is 12.4 Å². The van der Waals surface area contributed by atoms with Crippen LogP contribution in [0.2, 0.25) is 0 Å². The van der Waals surface area contributed by atoms with E-state index < -0.39 is 0 Å². The first-order valence-electron chi connectivity index (χ1n) is 6.92. The normalized spacial score (nSPS) is 17.4. The number of nitrogens with one attached hydrogen (secondary N) is 1. The van der Waals surface area contributed by atoms with Crippen LogP contribution >= 0.6 is 11.8 Å². The molecule has 0 spiro atoms. The van der Waals surface area contributed by atoms with E-state index in [4.69, 9.17) is 4.74 Å². The molecule has 0 aliphatic carbocycles. The minimum atomic E-state index is 0.394. The van der Waals surface area contributed by atoms with E-state index in [1.54, 1.807) is 11.8 Å². The zero-order chi connectivity index (χ0) is 13.8. The van der Waals surface area contributed by atoms with Crippen molar-refractivity contribution >= 4 is 11.8 Å². The maximum absolute atomic E-state index is 5.80. The van der Waals surface area contributed by atoms with Gasteiger partial charge >= 0.3 is 0 Å². The minimum absolute atomic E-state index is 0.394. The summed E-state index contributed by atoms with van der Waals surface area (Å²) in [5.41, 5.74) is 2.62. The molecule has 1 aliphatic rings. The summed E-state index contributed by atoms with van der Waals surface area (Å²) < 4.78 is 5.80. The van der Waals surface area contributed by atoms with E-state index in [-0.39, 0.29) is 0 Å². The molecule has 0 radical (unpaired) electrons. The van der Waals surface area contributed by atoms with Crippen molar-refractivity contribution in [3.63, 3.8) is 0 Å². The molecular weight excluding hydrogens is 266 g/mol. The van der Waals surface area contributed by atoms with Crippen LogP contribution in [-0.2, 0) is 13.0 Å². The maximum atomic E-state index is 5.80. The maximum Gasteiger partial charge on any atom is 0.122 e. The molecule has 1 aliphatic heterocycles. The van der Waals surface area contributed by atoms with Crippen molar-refractivity contribution < 1.29 is 4.74 Å². The first-order chi connectivity index (χ1) is 9.85. The summed E-state index contributed by atoms with van der Waals surface area (Å²) in [6.07, 6.45) is 3.14. The zero-order valence-electron chi connectivity index (χ0n) is 11.6. The molecule has 1 heterocycles. The van der Waals surface area contributed by atoms with Crippen LogP contribution in [0.5, 0.6) is 5.75 Å². The first kappa shape index (κ1) is 13.5. The Balaban J connectivity index is 1.57. The van der Waals surface area contributed by atoms with Gasteiger partial charge in [0, 0.05) is 17.5 Å². The fraction of sp³-hybridized carbons (Fsp3) is 0.294. The Morgan fingerprint density at radius 1 is 1.15 bits per heavy atom. The van der Waals surface area contributed by atoms with E-state index in [1.165, 1.54) is 16.0 Å². The Kier molecular flexibility index (Phi) is 4.28. The highest BCUT2D eigenvalue weighted by atomic mass is 32.2. The number of thioether (sulfide) groups is 1. The van der Waals surface area contributed by atoms with E-state index in [0.29, 0.717) is 6.04 Å². The Labute approximate surface area is 124 Å². The van der Waals surface area contributed by atoms with Crippen LogP contribution in [-0.4, -0.2) is 18.9 Å². The second-order valence-corrected chi connectivity index (χ2v) is 5.93. The Morgan fingerprint density at radius 3 is 2.75 bits per heavy atom. The molecule has 20 heavy (non-hydrogen) atoms. The topological polar surface area (TPSA) is 21.3 Å². The summed E-state index contributed by atoms with van der Waals surface area (Å²) in [5.74, 6) is 1.04. The van der Waals surface area contributed by atoms with Gasteiger partial charge in [-0.25, -0.2) is 0 Å². The fourth-order valence-corrected chi connectivity index (χ4v) is 2.87. The molecule has 104 valence electrons. The van der Waals surface area contributed by atoms with Gasteiger partial charge in [0.25, 0.3) is 0 Å². The predicted molar refractivity (Wildman–Crippen MR) is 84.5 cm³/mol. The van der Waals surface area contributed by atoms with Crippen LogP contribution in [0.4, 0.5) is 0 Å². The van der Waals surface area contributed by atoms with E-state index in [9.17, 15) is 0 Å². The summed E-state index contributed by atoms with van der Waals surface area (Å²) in [7, 11) is 0. The van der Waals surface area contributed by atoms with E-state index >= 15 is 0 Å². The summed E-state index contributed by atoms with van der Waals surface area (Å²) >= 11 is 1.78. The van der Waals surface area contributed by atoms with Crippen molar-refractivity contribution in [2.24, 2.45) is 0 Å². The molecule has 0 bridgehead atoms. The molecule has 3 rings (SSSR count). The molecule has 0 unspecified atom stereocenters. The van der Waals surface area contributed by atoms with Gasteiger partial charge in [0.05, 0.1) is 0 Å². The van der Waals surface area contributed by atoms with Crippen molar-refractivity contribution in [1.82, 2.24) is 5.32 Å². The molecule has 2 aromatic rings. The summed E-state index contributed by atoms with van der Waals surface area (Å²) in [5, 5.41) is 3.58. The molecule has 2 aromatic carbocycles. The summed E-state index contributed by atoms with van der Waals surface area (Å²) in [6, 6.07) is 17.4. The van der Waals surface area contributed by atoms with Crippen LogP contribution in [0.15, 0.2) is 53.4 Å². The number of rotatable bonds is 4. The monoisotopic (exact) mass is 285 g/mol. The Bertz CT molecular complexity index is 567. The lowest BCUT2D eigenvalue weighted by molar-refractivity contribution is 0.238. The summed E-state index contributed by atoms with van der Waals surface area (Å²) in [4.78, 5) is 1.31. The van der Waals surface area contributed by atoms with Gasteiger partial charge in [-0.1, -0.05) is 30.3 Å². The molecule has 0 amide bonds. The highest BCUT2D eigenvalue weighted by Gasteiger charge is 2.18. The third-order valence-corrected chi connectivity index (χ3v) is 4.38. The highest BCUT2D eigenvalue weighted by Crippen LogP contribution is 2.24. The SMILES string of the molecule is CSc1ccc(CN[C@@H]2COc3ccccc3C2)cc1. The van der Waals surface area contributed by atoms with Crippen LogP contribution in [0, 0.1) is 0 Å². The van der Waals surface area contributed by atoms with Crippen LogP contribution in [0.25, 0.3) is 0 Å². The van der Waals surface area contributed by atoms with Gasteiger partial charge in [-0.15, -0.1) is 11.8 Å². The van der Waals surface area contributed by atoms with Crippen molar-refractivity contribution in [3.8, 4) is 5.75 Å². The minimum Gasteiger partial charge on any atom is -0.492 e. The fourth-order valence-electron chi connectivity index (χ4n) is 2.46. The third-order valence-electron chi connectivity index (χ3n) is 3.63. The molecule has 0 fully saturated rings.